The second-order valence-electron chi connectivity index (χ2n) is 4.89. The molecule has 0 amide bonds. The summed E-state index contributed by atoms with van der Waals surface area (Å²) in [5, 5.41) is 24.3. The van der Waals surface area contributed by atoms with Gasteiger partial charge in [0.05, 0.1) is 17.9 Å². The lowest BCUT2D eigenvalue weighted by Gasteiger charge is -2.28. The van der Waals surface area contributed by atoms with Gasteiger partial charge in [0.25, 0.3) is 0 Å². The first-order chi connectivity index (χ1) is 7.60. The molecule has 1 unspecified atom stereocenters. The predicted molar refractivity (Wildman–Crippen MR) is 61.0 cm³/mol. The Morgan fingerprint density at radius 2 is 2.19 bits per heavy atom. The van der Waals surface area contributed by atoms with Crippen LogP contribution in [0.2, 0.25) is 0 Å². The molecule has 1 saturated carbocycles. The van der Waals surface area contributed by atoms with Gasteiger partial charge in [0.15, 0.2) is 0 Å². The molecule has 1 aromatic heterocycles. The van der Waals surface area contributed by atoms with Crippen molar-refractivity contribution in [2.75, 3.05) is 0 Å². The summed E-state index contributed by atoms with van der Waals surface area (Å²) in [5.41, 5.74) is 0.283. The van der Waals surface area contributed by atoms with Gasteiger partial charge in [-0.3, -0.25) is 4.68 Å². The quantitative estimate of drug-likeness (QED) is 0.802. The summed E-state index contributed by atoms with van der Waals surface area (Å²) in [6, 6.07) is 0. The fourth-order valence-electron chi connectivity index (χ4n) is 2.49. The molecular formula is C12H20N2O2. The fourth-order valence-corrected chi connectivity index (χ4v) is 2.49. The number of aliphatic hydroxyl groups excluding tert-OH is 1. The van der Waals surface area contributed by atoms with Crippen molar-refractivity contribution in [3.63, 3.8) is 0 Å². The molecule has 1 heterocycles. The molecule has 0 spiro atoms. The highest BCUT2D eigenvalue weighted by Gasteiger charge is 2.37. The molecule has 0 saturated heterocycles. The maximum atomic E-state index is 10.2. The Hall–Kier alpha value is -0.870. The standard InChI is InChI=1S/C12H20N2O2/c1-14-9-10(8-13-14)4-5-11(15)12(16)6-2-3-7-12/h8-9,11,15-16H,2-7H2,1H3. The average Bonchev–Trinajstić information content (AvgIpc) is 2.85. The molecule has 2 N–H and O–H groups in total. The number of nitrogens with zero attached hydrogens (tertiary/aromatic N) is 2. The van der Waals surface area contributed by atoms with Crippen LogP contribution in [0.5, 0.6) is 0 Å². The SMILES string of the molecule is Cn1cc(CCC(O)C2(O)CCCC2)cn1. The predicted octanol–water partition coefficient (Wildman–Crippen LogP) is 1.02. The molecule has 90 valence electrons. The van der Waals surface area contributed by atoms with Crippen LogP contribution < -0.4 is 0 Å². The van der Waals surface area contributed by atoms with E-state index in [9.17, 15) is 10.2 Å². The van der Waals surface area contributed by atoms with Crippen LogP contribution in [0.4, 0.5) is 0 Å². The molecule has 0 aromatic carbocycles. The largest absolute Gasteiger partial charge is 0.390 e. The maximum Gasteiger partial charge on any atom is 0.0905 e. The third-order valence-electron chi connectivity index (χ3n) is 3.55. The normalized spacial score (nSPS) is 21.2. The zero-order valence-corrected chi connectivity index (χ0v) is 9.76. The van der Waals surface area contributed by atoms with Crippen LogP contribution in [0.1, 0.15) is 37.7 Å². The third kappa shape index (κ3) is 2.44. The number of aryl methyl sites for hydroxylation is 2. The Kier molecular flexibility index (Phi) is 3.30. The van der Waals surface area contributed by atoms with E-state index in [1.807, 2.05) is 19.4 Å². The van der Waals surface area contributed by atoms with Gasteiger partial charge in [-0.25, -0.2) is 0 Å². The van der Waals surface area contributed by atoms with Gasteiger partial charge in [-0.15, -0.1) is 0 Å². The zero-order chi connectivity index (χ0) is 11.6. The Bertz CT molecular complexity index is 343. The average molecular weight is 224 g/mol. The topological polar surface area (TPSA) is 58.3 Å². The first kappa shape index (κ1) is 11.6. The Morgan fingerprint density at radius 1 is 1.50 bits per heavy atom. The van der Waals surface area contributed by atoms with Crippen molar-refractivity contribution in [1.82, 2.24) is 9.78 Å². The van der Waals surface area contributed by atoms with Crippen molar-refractivity contribution in [3.05, 3.63) is 18.0 Å². The minimum absolute atomic E-state index is 0.602. The van der Waals surface area contributed by atoms with Crippen LogP contribution in [0.15, 0.2) is 12.4 Å². The number of hydrogen-bond acceptors (Lipinski definition) is 3. The van der Waals surface area contributed by atoms with Gasteiger partial charge < -0.3 is 10.2 Å². The van der Waals surface area contributed by atoms with Crippen LogP contribution in [-0.2, 0) is 13.5 Å². The van der Waals surface area contributed by atoms with Crippen molar-refractivity contribution in [2.45, 2.75) is 50.2 Å². The lowest BCUT2D eigenvalue weighted by molar-refractivity contribution is -0.0726. The van der Waals surface area contributed by atoms with E-state index in [0.29, 0.717) is 6.42 Å². The molecule has 0 radical (unpaired) electrons. The molecule has 1 atom stereocenters. The maximum absolute atomic E-state index is 10.2. The van der Waals surface area contributed by atoms with Crippen LogP contribution in [0, 0.1) is 0 Å². The first-order valence-electron chi connectivity index (χ1n) is 5.98. The van der Waals surface area contributed by atoms with E-state index in [1.54, 1.807) is 4.68 Å². The number of hydrogen-bond donors (Lipinski definition) is 2. The molecule has 1 aliphatic carbocycles. The van der Waals surface area contributed by atoms with E-state index < -0.39 is 11.7 Å². The van der Waals surface area contributed by atoms with Crippen molar-refractivity contribution in [2.24, 2.45) is 7.05 Å². The van der Waals surface area contributed by atoms with Gasteiger partial charge >= 0.3 is 0 Å². The van der Waals surface area contributed by atoms with Gasteiger partial charge in [0.2, 0.25) is 0 Å². The molecule has 1 aliphatic rings. The van der Waals surface area contributed by atoms with E-state index in [1.165, 1.54) is 0 Å². The van der Waals surface area contributed by atoms with Gasteiger partial charge in [-0.05, 0) is 31.2 Å². The van der Waals surface area contributed by atoms with Gasteiger partial charge in [0, 0.05) is 13.2 Å². The fraction of sp³-hybridized carbons (Fsp3) is 0.750. The van der Waals surface area contributed by atoms with E-state index >= 15 is 0 Å². The van der Waals surface area contributed by atoms with Crippen LogP contribution in [0.3, 0.4) is 0 Å². The van der Waals surface area contributed by atoms with Gasteiger partial charge in [0.1, 0.15) is 0 Å². The molecule has 1 fully saturated rings. The molecule has 0 aliphatic heterocycles. The minimum Gasteiger partial charge on any atom is -0.390 e. The van der Waals surface area contributed by atoms with E-state index in [2.05, 4.69) is 5.10 Å². The monoisotopic (exact) mass is 224 g/mol. The molecule has 1 aromatic rings. The van der Waals surface area contributed by atoms with Crippen LogP contribution >= 0.6 is 0 Å². The Morgan fingerprint density at radius 3 is 2.75 bits per heavy atom. The highest BCUT2D eigenvalue weighted by atomic mass is 16.3. The number of aromatic nitrogens is 2. The smallest absolute Gasteiger partial charge is 0.0905 e. The molecule has 4 heteroatoms. The van der Waals surface area contributed by atoms with Gasteiger partial charge in [-0.2, -0.15) is 5.10 Å². The molecule has 0 bridgehead atoms. The van der Waals surface area contributed by atoms with Crippen LogP contribution in [-0.4, -0.2) is 31.7 Å². The van der Waals surface area contributed by atoms with Gasteiger partial charge in [-0.1, -0.05) is 12.8 Å². The number of rotatable bonds is 4. The summed E-state index contributed by atoms with van der Waals surface area (Å²) >= 11 is 0. The van der Waals surface area contributed by atoms with Crippen LogP contribution in [0.25, 0.3) is 0 Å². The summed E-state index contributed by atoms with van der Waals surface area (Å²) in [6.45, 7) is 0. The summed E-state index contributed by atoms with van der Waals surface area (Å²) in [6.07, 6.45) is 8.08. The zero-order valence-electron chi connectivity index (χ0n) is 9.76. The Labute approximate surface area is 95.9 Å². The molecule has 4 nitrogen and oxygen atoms in total. The Balaban J connectivity index is 1.85. The lowest BCUT2D eigenvalue weighted by Crippen LogP contribution is -2.39. The third-order valence-corrected chi connectivity index (χ3v) is 3.55. The van der Waals surface area contributed by atoms with E-state index in [4.69, 9.17) is 0 Å². The second-order valence-corrected chi connectivity index (χ2v) is 4.89. The first-order valence-corrected chi connectivity index (χ1v) is 5.98. The molecule has 2 rings (SSSR count). The lowest BCUT2D eigenvalue weighted by atomic mass is 9.91. The summed E-state index contributed by atoms with van der Waals surface area (Å²) < 4.78 is 1.76. The second kappa shape index (κ2) is 4.55. The summed E-state index contributed by atoms with van der Waals surface area (Å²) in [5.74, 6) is 0. The van der Waals surface area contributed by atoms with Crippen molar-refractivity contribution in [3.8, 4) is 0 Å². The highest BCUT2D eigenvalue weighted by molar-refractivity contribution is 5.04. The van der Waals surface area contributed by atoms with Crippen molar-refractivity contribution >= 4 is 0 Å². The van der Waals surface area contributed by atoms with Crippen molar-refractivity contribution < 1.29 is 10.2 Å². The summed E-state index contributed by atoms with van der Waals surface area (Å²) in [7, 11) is 1.88. The van der Waals surface area contributed by atoms with Crippen molar-refractivity contribution in [1.29, 1.82) is 0 Å². The van der Waals surface area contributed by atoms with E-state index in [-0.39, 0.29) is 0 Å². The summed E-state index contributed by atoms with van der Waals surface area (Å²) in [4.78, 5) is 0. The number of aliphatic hydroxyl groups is 2. The molecule has 16 heavy (non-hydrogen) atoms. The highest BCUT2D eigenvalue weighted by Crippen LogP contribution is 2.33. The molecular weight excluding hydrogens is 204 g/mol. The minimum atomic E-state index is -0.831. The van der Waals surface area contributed by atoms with E-state index in [0.717, 1.165) is 37.7 Å².